The Morgan fingerprint density at radius 2 is 1.59 bits per heavy atom. The van der Waals surface area contributed by atoms with Crippen LogP contribution >= 0.6 is 0 Å². The number of aryl methyl sites for hydroxylation is 2. The standard InChI is InChI=1S/C31H39N3O5/c1-7-14-34(29(37)26(19-35)33-30(38)39-31(4,5)6)27(24-16-20(2)15-21(3)17-24)28(36)32-25-13-12-22-10-8-9-11-23(22)18-25/h8-13,15-18,26-27,35H,7,14,19H2,1-6H3,(H,32,36)(H,33,38). The zero-order valence-corrected chi connectivity index (χ0v) is 23.6. The summed E-state index contributed by atoms with van der Waals surface area (Å²) in [6, 6.07) is 16.9. The molecule has 0 fully saturated rings. The summed E-state index contributed by atoms with van der Waals surface area (Å²) >= 11 is 0. The van der Waals surface area contributed by atoms with Gasteiger partial charge in [0.1, 0.15) is 17.7 Å². The van der Waals surface area contributed by atoms with Gasteiger partial charge >= 0.3 is 6.09 Å². The number of benzene rings is 3. The van der Waals surface area contributed by atoms with Crippen LogP contribution in [0.4, 0.5) is 10.5 Å². The number of fused-ring (bicyclic) bond motifs is 1. The topological polar surface area (TPSA) is 108 Å². The number of amides is 3. The minimum Gasteiger partial charge on any atom is -0.444 e. The number of hydrogen-bond acceptors (Lipinski definition) is 5. The van der Waals surface area contributed by atoms with Gasteiger partial charge in [0.05, 0.1) is 6.61 Å². The highest BCUT2D eigenvalue weighted by atomic mass is 16.6. The van der Waals surface area contributed by atoms with Crippen molar-refractivity contribution in [3.63, 3.8) is 0 Å². The highest BCUT2D eigenvalue weighted by Gasteiger charge is 2.36. The molecule has 8 nitrogen and oxygen atoms in total. The lowest BCUT2D eigenvalue weighted by molar-refractivity contribution is -0.141. The minimum atomic E-state index is -1.28. The number of ether oxygens (including phenoxy) is 1. The van der Waals surface area contributed by atoms with Gasteiger partial charge in [0.25, 0.3) is 5.91 Å². The van der Waals surface area contributed by atoms with Crippen LogP contribution in [0.5, 0.6) is 0 Å². The Morgan fingerprint density at radius 3 is 2.18 bits per heavy atom. The third kappa shape index (κ3) is 8.04. The second kappa shape index (κ2) is 12.8. The lowest BCUT2D eigenvalue weighted by Gasteiger charge is -2.34. The fraction of sp³-hybridized carbons (Fsp3) is 0.387. The molecule has 39 heavy (non-hydrogen) atoms. The quantitative estimate of drug-likeness (QED) is 0.348. The van der Waals surface area contributed by atoms with E-state index in [0.29, 0.717) is 17.7 Å². The van der Waals surface area contributed by atoms with E-state index in [1.165, 1.54) is 4.90 Å². The van der Waals surface area contributed by atoms with Gasteiger partial charge in [-0.1, -0.05) is 66.6 Å². The van der Waals surface area contributed by atoms with Crippen molar-refractivity contribution >= 4 is 34.4 Å². The van der Waals surface area contributed by atoms with Crippen molar-refractivity contribution in [1.29, 1.82) is 0 Å². The molecule has 0 aromatic heterocycles. The number of carbonyl (C=O) groups is 3. The summed E-state index contributed by atoms with van der Waals surface area (Å²) in [5.74, 6) is -0.978. The molecular weight excluding hydrogens is 494 g/mol. The molecule has 208 valence electrons. The maximum atomic E-state index is 13.9. The first-order valence-corrected chi connectivity index (χ1v) is 13.2. The van der Waals surface area contributed by atoms with Gasteiger partial charge in [-0.25, -0.2) is 4.79 Å². The molecule has 0 saturated carbocycles. The highest BCUT2D eigenvalue weighted by Crippen LogP contribution is 2.27. The molecule has 8 heteroatoms. The summed E-state index contributed by atoms with van der Waals surface area (Å²) < 4.78 is 5.29. The number of alkyl carbamates (subject to hydrolysis) is 1. The summed E-state index contributed by atoms with van der Waals surface area (Å²) in [4.78, 5) is 41.6. The zero-order chi connectivity index (χ0) is 28.7. The average molecular weight is 534 g/mol. The lowest BCUT2D eigenvalue weighted by atomic mass is 9.98. The average Bonchev–Trinajstić information content (AvgIpc) is 2.85. The smallest absolute Gasteiger partial charge is 0.408 e. The molecule has 0 aliphatic carbocycles. The molecule has 0 bridgehead atoms. The molecule has 3 amide bonds. The summed E-state index contributed by atoms with van der Waals surface area (Å²) in [5.41, 5.74) is 2.35. The van der Waals surface area contributed by atoms with E-state index in [1.807, 2.05) is 81.4 Å². The molecule has 0 spiro atoms. The van der Waals surface area contributed by atoms with Crippen LogP contribution in [0.25, 0.3) is 10.8 Å². The first kappa shape index (κ1) is 29.6. The Bertz CT molecular complexity index is 1310. The fourth-order valence-corrected chi connectivity index (χ4v) is 4.56. The molecule has 2 unspecified atom stereocenters. The van der Waals surface area contributed by atoms with Crippen molar-refractivity contribution in [3.05, 3.63) is 77.4 Å². The van der Waals surface area contributed by atoms with Crippen molar-refractivity contribution in [2.75, 3.05) is 18.5 Å². The van der Waals surface area contributed by atoms with Crippen molar-refractivity contribution in [1.82, 2.24) is 10.2 Å². The largest absolute Gasteiger partial charge is 0.444 e. The summed E-state index contributed by atoms with van der Waals surface area (Å²) in [6.07, 6.45) is -0.268. The number of aliphatic hydroxyl groups excluding tert-OH is 1. The summed E-state index contributed by atoms with van der Waals surface area (Å²) in [6.45, 7) is 10.5. The minimum absolute atomic E-state index is 0.230. The number of nitrogens with zero attached hydrogens (tertiary/aromatic N) is 1. The van der Waals surface area contributed by atoms with Crippen LogP contribution in [-0.4, -0.2) is 52.7 Å². The highest BCUT2D eigenvalue weighted by molar-refractivity contribution is 6.00. The first-order chi connectivity index (χ1) is 18.4. The van der Waals surface area contributed by atoms with Crippen molar-refractivity contribution in [3.8, 4) is 0 Å². The zero-order valence-electron chi connectivity index (χ0n) is 23.6. The van der Waals surface area contributed by atoms with E-state index >= 15 is 0 Å². The Hall–Kier alpha value is -3.91. The van der Waals surface area contributed by atoms with Gasteiger partial charge in [0, 0.05) is 12.2 Å². The first-order valence-electron chi connectivity index (χ1n) is 13.2. The Balaban J connectivity index is 2.00. The van der Waals surface area contributed by atoms with Crippen LogP contribution in [0.2, 0.25) is 0 Å². The number of rotatable bonds is 9. The maximum absolute atomic E-state index is 13.9. The van der Waals surface area contributed by atoms with E-state index in [-0.39, 0.29) is 6.54 Å². The van der Waals surface area contributed by atoms with Gasteiger partial charge in [-0.15, -0.1) is 0 Å². The predicted molar refractivity (Wildman–Crippen MR) is 153 cm³/mol. The molecule has 0 radical (unpaired) electrons. The van der Waals surface area contributed by atoms with Crippen molar-refractivity contribution < 1.29 is 24.2 Å². The molecule has 3 rings (SSSR count). The molecule has 2 atom stereocenters. The van der Waals surface area contributed by atoms with Crippen LogP contribution in [0.3, 0.4) is 0 Å². The van der Waals surface area contributed by atoms with Gasteiger partial charge in [0.15, 0.2) is 0 Å². The molecule has 0 heterocycles. The maximum Gasteiger partial charge on any atom is 0.408 e. The monoisotopic (exact) mass is 533 g/mol. The van der Waals surface area contributed by atoms with E-state index < -0.39 is 42.2 Å². The third-order valence-corrected chi connectivity index (χ3v) is 6.06. The number of nitrogens with one attached hydrogen (secondary N) is 2. The summed E-state index contributed by atoms with van der Waals surface area (Å²) in [5, 5.41) is 17.5. The van der Waals surface area contributed by atoms with Gasteiger partial charge < -0.3 is 25.4 Å². The third-order valence-electron chi connectivity index (χ3n) is 6.06. The molecular formula is C31H39N3O5. The number of carbonyl (C=O) groups excluding carboxylic acids is 3. The van der Waals surface area contributed by atoms with E-state index in [4.69, 9.17) is 4.74 Å². The van der Waals surface area contributed by atoms with E-state index in [0.717, 1.165) is 21.9 Å². The molecule has 3 aromatic rings. The van der Waals surface area contributed by atoms with Crippen LogP contribution in [0, 0.1) is 13.8 Å². The van der Waals surface area contributed by atoms with Gasteiger partial charge in [-0.05, 0) is 69.5 Å². The lowest BCUT2D eigenvalue weighted by Crippen LogP contribution is -2.54. The van der Waals surface area contributed by atoms with E-state index in [9.17, 15) is 19.5 Å². The molecule has 3 N–H and O–H groups in total. The van der Waals surface area contributed by atoms with Gasteiger partial charge in [-0.2, -0.15) is 0 Å². The van der Waals surface area contributed by atoms with Gasteiger partial charge in [0.2, 0.25) is 5.91 Å². The summed E-state index contributed by atoms with van der Waals surface area (Å²) in [7, 11) is 0. The second-order valence-corrected chi connectivity index (χ2v) is 10.8. The molecule has 0 saturated heterocycles. The van der Waals surface area contributed by atoms with Crippen LogP contribution < -0.4 is 10.6 Å². The van der Waals surface area contributed by atoms with Crippen molar-refractivity contribution in [2.24, 2.45) is 0 Å². The molecule has 0 aliphatic heterocycles. The number of hydrogen-bond donors (Lipinski definition) is 3. The Morgan fingerprint density at radius 1 is 0.949 bits per heavy atom. The predicted octanol–water partition coefficient (Wildman–Crippen LogP) is 5.26. The Labute approximate surface area is 230 Å². The molecule has 0 aliphatic rings. The second-order valence-electron chi connectivity index (χ2n) is 10.8. The van der Waals surface area contributed by atoms with Gasteiger partial charge in [-0.3, -0.25) is 9.59 Å². The number of aliphatic hydroxyl groups is 1. The van der Waals surface area contributed by atoms with Crippen LogP contribution in [0.15, 0.2) is 60.7 Å². The SMILES string of the molecule is CCCN(C(=O)C(CO)NC(=O)OC(C)(C)C)C(C(=O)Nc1ccc2ccccc2c1)c1cc(C)cc(C)c1. The Kier molecular flexibility index (Phi) is 9.70. The fourth-order valence-electron chi connectivity index (χ4n) is 4.56. The van der Waals surface area contributed by atoms with E-state index in [2.05, 4.69) is 10.6 Å². The molecule has 3 aromatic carbocycles. The van der Waals surface area contributed by atoms with E-state index in [1.54, 1.807) is 20.8 Å². The van der Waals surface area contributed by atoms with Crippen LogP contribution in [0.1, 0.15) is 56.8 Å². The van der Waals surface area contributed by atoms with Crippen molar-refractivity contribution in [2.45, 2.75) is 65.6 Å². The normalized spacial score (nSPS) is 12.9. The number of anilines is 1. The van der Waals surface area contributed by atoms with Crippen LogP contribution in [-0.2, 0) is 14.3 Å².